The lowest BCUT2D eigenvalue weighted by molar-refractivity contribution is -0.153. The molecule has 0 saturated carbocycles. The third-order valence-corrected chi connectivity index (χ3v) is 5.40. The van der Waals surface area contributed by atoms with E-state index < -0.39 is 5.97 Å². The van der Waals surface area contributed by atoms with Crippen LogP contribution in [0.2, 0.25) is 0 Å². The summed E-state index contributed by atoms with van der Waals surface area (Å²) >= 11 is 1.51. The van der Waals surface area contributed by atoms with Crippen molar-refractivity contribution in [1.29, 1.82) is 0 Å². The van der Waals surface area contributed by atoms with E-state index in [1.165, 1.54) is 16.7 Å². The fourth-order valence-corrected chi connectivity index (χ4v) is 4.78. The van der Waals surface area contributed by atoms with Gasteiger partial charge in [0.25, 0.3) is 0 Å². The Morgan fingerprint density at radius 3 is 2.79 bits per heavy atom. The molecule has 2 saturated heterocycles. The van der Waals surface area contributed by atoms with Crippen LogP contribution in [0, 0.1) is 11.8 Å². The second-order valence-electron chi connectivity index (χ2n) is 5.51. The summed E-state index contributed by atoms with van der Waals surface area (Å²) in [4.78, 5) is 25.8. The minimum atomic E-state index is -1.02. The highest BCUT2D eigenvalue weighted by atomic mass is 32.2. The summed E-state index contributed by atoms with van der Waals surface area (Å²) in [5.41, 5.74) is 0.156. The quantitative estimate of drug-likeness (QED) is 0.798. The van der Waals surface area contributed by atoms with Crippen LogP contribution in [0.1, 0.15) is 26.7 Å². The van der Waals surface area contributed by atoms with Crippen LogP contribution in [0.15, 0.2) is 10.6 Å². The van der Waals surface area contributed by atoms with Crippen molar-refractivity contribution < 1.29 is 19.4 Å². The molecule has 3 atom stereocenters. The van der Waals surface area contributed by atoms with Crippen molar-refractivity contribution in [2.24, 2.45) is 11.8 Å². The number of aliphatic carboxylic acids is 1. The number of hydrogen-bond donors (Lipinski definition) is 1. The molecular weight excluding hydrogens is 266 g/mol. The van der Waals surface area contributed by atoms with Crippen molar-refractivity contribution in [3.05, 3.63) is 10.6 Å². The third kappa shape index (κ3) is 1.80. The van der Waals surface area contributed by atoms with Gasteiger partial charge in [0, 0.05) is 11.5 Å². The highest BCUT2D eigenvalue weighted by molar-refractivity contribution is 8.04. The summed E-state index contributed by atoms with van der Waals surface area (Å²) in [7, 11) is 0. The zero-order valence-corrected chi connectivity index (χ0v) is 11.8. The van der Waals surface area contributed by atoms with E-state index in [1.54, 1.807) is 0 Å². The van der Waals surface area contributed by atoms with Crippen molar-refractivity contribution in [2.75, 3.05) is 6.61 Å². The number of carbonyl (C=O) groups is 2. The van der Waals surface area contributed by atoms with Crippen molar-refractivity contribution in [3.63, 3.8) is 0 Å². The minimum absolute atomic E-state index is 0.0437. The molecule has 0 aromatic heterocycles. The van der Waals surface area contributed by atoms with E-state index in [2.05, 4.69) is 0 Å². The van der Waals surface area contributed by atoms with Gasteiger partial charge in [-0.3, -0.25) is 9.69 Å². The zero-order chi connectivity index (χ0) is 13.7. The third-order valence-electron chi connectivity index (χ3n) is 3.95. The lowest BCUT2D eigenvalue weighted by Crippen LogP contribution is -2.59. The molecule has 3 aliphatic heterocycles. The van der Waals surface area contributed by atoms with Gasteiger partial charge in [-0.25, -0.2) is 4.79 Å². The van der Waals surface area contributed by atoms with Crippen LogP contribution >= 0.6 is 11.8 Å². The van der Waals surface area contributed by atoms with E-state index in [0.717, 1.165) is 17.7 Å². The first kappa shape index (κ1) is 13.0. The van der Waals surface area contributed by atoms with Gasteiger partial charge in [0.2, 0.25) is 5.91 Å². The molecule has 0 radical (unpaired) electrons. The van der Waals surface area contributed by atoms with E-state index in [9.17, 15) is 14.7 Å². The van der Waals surface area contributed by atoms with Gasteiger partial charge < -0.3 is 9.84 Å². The molecule has 6 heteroatoms. The molecule has 0 aliphatic carbocycles. The largest absolute Gasteiger partial charge is 0.477 e. The Hall–Kier alpha value is -1.01. The summed E-state index contributed by atoms with van der Waals surface area (Å²) in [6, 6.07) is 0. The van der Waals surface area contributed by atoms with Crippen LogP contribution < -0.4 is 0 Å². The van der Waals surface area contributed by atoms with E-state index >= 15 is 0 Å². The lowest BCUT2D eigenvalue weighted by Gasteiger charge is -2.44. The number of ether oxygens (including phenoxy) is 1. The van der Waals surface area contributed by atoms with E-state index in [1.807, 2.05) is 13.8 Å². The van der Waals surface area contributed by atoms with E-state index in [4.69, 9.17) is 4.74 Å². The monoisotopic (exact) mass is 283 g/mol. The van der Waals surface area contributed by atoms with Crippen LogP contribution in [0.5, 0.6) is 0 Å². The summed E-state index contributed by atoms with van der Waals surface area (Å²) in [5, 5.41) is 9.34. The summed E-state index contributed by atoms with van der Waals surface area (Å²) in [6.07, 6.45) is 1.66. The topological polar surface area (TPSA) is 66.8 Å². The first-order valence-corrected chi connectivity index (χ1v) is 7.49. The smallest absolute Gasteiger partial charge is 0.353 e. The van der Waals surface area contributed by atoms with Crippen LogP contribution in [0.3, 0.4) is 0 Å². The predicted molar refractivity (Wildman–Crippen MR) is 70.2 cm³/mol. The summed E-state index contributed by atoms with van der Waals surface area (Å²) in [5.74, 6) is -0.910. The normalized spacial score (nSPS) is 33.9. The van der Waals surface area contributed by atoms with Gasteiger partial charge in [0.15, 0.2) is 0 Å². The highest BCUT2D eigenvalue weighted by Gasteiger charge is 2.57. The fourth-order valence-electron chi connectivity index (χ4n) is 2.99. The zero-order valence-electron chi connectivity index (χ0n) is 11.0. The van der Waals surface area contributed by atoms with E-state index in [0.29, 0.717) is 6.61 Å². The molecule has 3 heterocycles. The Morgan fingerprint density at radius 1 is 1.53 bits per heavy atom. The van der Waals surface area contributed by atoms with Gasteiger partial charge in [-0.1, -0.05) is 25.6 Å². The Balaban J connectivity index is 1.91. The maximum atomic E-state index is 12.1. The summed E-state index contributed by atoms with van der Waals surface area (Å²) in [6.45, 7) is 4.68. The van der Waals surface area contributed by atoms with Gasteiger partial charge in [0.1, 0.15) is 5.70 Å². The molecule has 3 aliphatic rings. The van der Waals surface area contributed by atoms with Crippen molar-refractivity contribution >= 4 is 23.6 Å². The van der Waals surface area contributed by atoms with Crippen LogP contribution in [0.4, 0.5) is 0 Å². The number of nitrogens with zero attached hydrogens (tertiary/aromatic N) is 1. The molecule has 0 bridgehead atoms. The van der Waals surface area contributed by atoms with E-state index in [-0.39, 0.29) is 34.9 Å². The number of amides is 1. The highest BCUT2D eigenvalue weighted by Crippen LogP contribution is 2.53. The second-order valence-corrected chi connectivity index (χ2v) is 6.66. The number of β-lactam (4-membered cyclic amide) rings is 1. The van der Waals surface area contributed by atoms with Crippen LogP contribution in [0.25, 0.3) is 0 Å². The Morgan fingerprint density at radius 2 is 2.26 bits per heavy atom. The van der Waals surface area contributed by atoms with Crippen molar-refractivity contribution in [1.82, 2.24) is 4.90 Å². The van der Waals surface area contributed by atoms with Gasteiger partial charge >= 0.3 is 5.97 Å². The number of fused-ring (bicyclic) bond motifs is 1. The molecule has 3 rings (SSSR count). The number of rotatable bonds is 3. The van der Waals surface area contributed by atoms with Gasteiger partial charge in [0.05, 0.1) is 17.4 Å². The Bertz CT molecular complexity index is 467. The molecule has 2 fully saturated rings. The fraction of sp³-hybridized carbons (Fsp3) is 0.692. The maximum absolute atomic E-state index is 12.1. The number of hydrogen-bond acceptors (Lipinski definition) is 4. The van der Waals surface area contributed by atoms with Crippen molar-refractivity contribution in [2.45, 2.75) is 38.2 Å². The van der Waals surface area contributed by atoms with Gasteiger partial charge in [-0.15, -0.1) is 0 Å². The predicted octanol–water partition coefficient (Wildman–Crippen LogP) is 1.65. The van der Waals surface area contributed by atoms with Crippen molar-refractivity contribution in [3.8, 4) is 0 Å². The first-order valence-electron chi connectivity index (χ1n) is 6.61. The number of carbonyl (C=O) groups excluding carboxylic acids is 1. The second kappa shape index (κ2) is 4.52. The molecule has 104 valence electrons. The number of carboxylic acids is 1. The molecule has 0 aromatic rings. The Kier molecular flexibility index (Phi) is 3.09. The molecule has 0 aromatic carbocycles. The van der Waals surface area contributed by atoms with Crippen LogP contribution in [-0.4, -0.2) is 40.0 Å². The lowest BCUT2D eigenvalue weighted by atomic mass is 9.86. The average molecular weight is 283 g/mol. The molecule has 5 nitrogen and oxygen atoms in total. The van der Waals surface area contributed by atoms with Crippen LogP contribution in [-0.2, 0) is 14.3 Å². The molecule has 0 spiro atoms. The van der Waals surface area contributed by atoms with Gasteiger partial charge in [-0.05, 0) is 18.8 Å². The molecule has 19 heavy (non-hydrogen) atoms. The first-order chi connectivity index (χ1) is 9.02. The minimum Gasteiger partial charge on any atom is -0.477 e. The summed E-state index contributed by atoms with van der Waals surface area (Å²) < 4.78 is 5.59. The molecular formula is C13H17NO4S. The maximum Gasteiger partial charge on any atom is 0.353 e. The standard InChI is InChI=1S/C13H17NO4S/c1-6(2)8-11(15)14-9(13(16)17)10(19-12(8)14)7-4-3-5-18-7/h6-8,12H,3-5H2,1-2H3,(H,16,17). The Labute approximate surface area is 116 Å². The molecule has 3 unspecified atom stereocenters. The SMILES string of the molecule is CC(C)C1C(=O)N2C(C(=O)O)=C(C3CCCO3)SC12. The molecule has 1 N–H and O–H groups in total. The average Bonchev–Trinajstić information content (AvgIpc) is 2.92. The molecule has 1 amide bonds. The van der Waals surface area contributed by atoms with Gasteiger partial charge in [-0.2, -0.15) is 0 Å². The number of thioether (sulfide) groups is 1. The number of carboxylic acid groups (broad SMARTS) is 1.